The first kappa shape index (κ1) is 24.7. The monoisotopic (exact) mass is 460 g/mol. The first-order valence-electron chi connectivity index (χ1n) is 13.6. The number of hydrogen-bond acceptors (Lipinski definition) is 2. The van der Waals surface area contributed by atoms with E-state index < -0.39 is 17.6 Å². The fourth-order valence-corrected chi connectivity index (χ4v) is 7.12. The lowest BCUT2D eigenvalue weighted by Crippen LogP contribution is -2.35. The highest BCUT2D eigenvalue weighted by molar-refractivity contribution is 5.75. The van der Waals surface area contributed by atoms with Crippen LogP contribution in [0.2, 0.25) is 0 Å². The molecule has 0 heterocycles. The maximum Gasteiger partial charge on any atom is 0.314 e. The third-order valence-electron chi connectivity index (χ3n) is 9.20. The van der Waals surface area contributed by atoms with Gasteiger partial charge in [-0.15, -0.1) is 0 Å². The normalized spacial score (nSPS) is 32.2. The van der Waals surface area contributed by atoms with E-state index >= 15 is 0 Å². The summed E-state index contributed by atoms with van der Waals surface area (Å²) in [6, 6.07) is 2.81. The number of aryl methyl sites for hydroxylation is 1. The summed E-state index contributed by atoms with van der Waals surface area (Å²) in [5.74, 6) is 1.50. The van der Waals surface area contributed by atoms with Crippen LogP contribution in [0.25, 0.3) is 0 Å². The van der Waals surface area contributed by atoms with Gasteiger partial charge in [0.05, 0.1) is 5.92 Å². The molecule has 0 saturated heterocycles. The van der Waals surface area contributed by atoms with E-state index in [-0.39, 0.29) is 17.2 Å². The predicted molar refractivity (Wildman–Crippen MR) is 128 cm³/mol. The van der Waals surface area contributed by atoms with Crippen LogP contribution in [0.15, 0.2) is 12.1 Å². The minimum Gasteiger partial charge on any atom is -0.423 e. The lowest BCUT2D eigenvalue weighted by Gasteiger charge is -2.45. The van der Waals surface area contributed by atoms with E-state index in [4.69, 9.17) is 4.74 Å². The molecular formula is C29H42F2O2. The van der Waals surface area contributed by atoms with Crippen LogP contribution in [0.5, 0.6) is 5.75 Å². The molecule has 3 aliphatic rings. The maximum atomic E-state index is 14.1. The standard InChI is InChI=1S/C29H42F2O2/c1-3-4-5-6-20-8-9-25-18-24(15-14-23(25)17-20)21-10-12-22(13-11-21)29(32)33-26-16-7-19(2)27(30)28(26)31/h7,16,20-25H,3-6,8-15,17-18H2,1-2H3. The van der Waals surface area contributed by atoms with Crippen molar-refractivity contribution >= 4 is 5.97 Å². The topological polar surface area (TPSA) is 26.3 Å². The smallest absolute Gasteiger partial charge is 0.314 e. The molecule has 0 amide bonds. The molecule has 0 bridgehead atoms. The van der Waals surface area contributed by atoms with Crippen molar-refractivity contribution in [3.63, 3.8) is 0 Å². The van der Waals surface area contributed by atoms with Gasteiger partial charge in [0, 0.05) is 0 Å². The van der Waals surface area contributed by atoms with Gasteiger partial charge in [0.25, 0.3) is 0 Å². The molecule has 1 aromatic carbocycles. The molecule has 0 N–H and O–H groups in total. The molecule has 0 aliphatic heterocycles. The Hall–Kier alpha value is -1.45. The van der Waals surface area contributed by atoms with E-state index in [1.807, 2.05) is 0 Å². The van der Waals surface area contributed by atoms with Gasteiger partial charge in [-0.3, -0.25) is 4.79 Å². The van der Waals surface area contributed by atoms with Crippen LogP contribution >= 0.6 is 0 Å². The highest BCUT2D eigenvalue weighted by Gasteiger charge is 2.39. The zero-order valence-electron chi connectivity index (χ0n) is 20.6. The Morgan fingerprint density at radius 2 is 1.48 bits per heavy atom. The summed E-state index contributed by atoms with van der Waals surface area (Å²) in [5, 5.41) is 0. The van der Waals surface area contributed by atoms with E-state index in [1.165, 1.54) is 83.3 Å². The maximum absolute atomic E-state index is 14.1. The van der Waals surface area contributed by atoms with Gasteiger partial charge < -0.3 is 4.74 Å². The van der Waals surface area contributed by atoms with Crippen LogP contribution in [-0.4, -0.2) is 5.97 Å². The first-order chi connectivity index (χ1) is 16.0. The van der Waals surface area contributed by atoms with Crippen molar-refractivity contribution in [1.29, 1.82) is 0 Å². The highest BCUT2D eigenvalue weighted by Crippen LogP contribution is 2.49. The van der Waals surface area contributed by atoms with Gasteiger partial charge in [0.2, 0.25) is 5.82 Å². The second kappa shape index (κ2) is 11.3. The highest BCUT2D eigenvalue weighted by atomic mass is 19.2. The minimum atomic E-state index is -1.06. The quantitative estimate of drug-likeness (QED) is 0.232. The molecule has 0 aromatic heterocycles. The summed E-state index contributed by atoms with van der Waals surface area (Å²) >= 11 is 0. The Morgan fingerprint density at radius 1 is 0.848 bits per heavy atom. The number of esters is 1. The average molecular weight is 461 g/mol. The van der Waals surface area contributed by atoms with Crippen molar-refractivity contribution < 1.29 is 18.3 Å². The molecule has 184 valence electrons. The Morgan fingerprint density at radius 3 is 2.21 bits per heavy atom. The largest absolute Gasteiger partial charge is 0.423 e. The van der Waals surface area contributed by atoms with E-state index in [2.05, 4.69) is 6.92 Å². The summed E-state index contributed by atoms with van der Waals surface area (Å²) in [6.45, 7) is 3.79. The molecule has 4 heteroatoms. The average Bonchev–Trinajstić information content (AvgIpc) is 2.84. The third-order valence-corrected chi connectivity index (χ3v) is 9.20. The lowest BCUT2D eigenvalue weighted by molar-refractivity contribution is -0.140. The second-order valence-electron chi connectivity index (χ2n) is 11.3. The van der Waals surface area contributed by atoms with Gasteiger partial charge in [0.15, 0.2) is 11.6 Å². The number of carbonyl (C=O) groups excluding carboxylic acids is 1. The van der Waals surface area contributed by atoms with Crippen LogP contribution in [0, 0.1) is 54.1 Å². The fraction of sp³-hybridized carbons (Fsp3) is 0.759. The van der Waals surface area contributed by atoms with Crippen LogP contribution in [-0.2, 0) is 4.79 Å². The zero-order chi connectivity index (χ0) is 23.4. The summed E-state index contributed by atoms with van der Waals surface area (Å²) in [6.07, 6.45) is 17.8. The minimum absolute atomic E-state index is 0.195. The Kier molecular flexibility index (Phi) is 8.46. The lowest BCUT2D eigenvalue weighted by atomic mass is 9.60. The number of hydrogen-bond donors (Lipinski definition) is 0. The van der Waals surface area contributed by atoms with Crippen molar-refractivity contribution in [3.05, 3.63) is 29.3 Å². The Labute approximate surface area is 198 Å². The number of ether oxygens (including phenoxy) is 1. The van der Waals surface area contributed by atoms with Gasteiger partial charge in [-0.25, -0.2) is 4.39 Å². The molecule has 4 atom stereocenters. The number of fused-ring (bicyclic) bond motifs is 1. The van der Waals surface area contributed by atoms with E-state index in [9.17, 15) is 13.6 Å². The first-order valence-corrected chi connectivity index (χ1v) is 13.6. The molecule has 0 spiro atoms. The second-order valence-corrected chi connectivity index (χ2v) is 11.3. The van der Waals surface area contributed by atoms with Gasteiger partial charge >= 0.3 is 5.97 Å². The summed E-state index contributed by atoms with van der Waals surface area (Å²) in [5.41, 5.74) is 0.215. The van der Waals surface area contributed by atoms with Crippen LogP contribution in [0.3, 0.4) is 0 Å². The van der Waals surface area contributed by atoms with Gasteiger partial charge in [-0.05, 0) is 106 Å². The van der Waals surface area contributed by atoms with Gasteiger partial charge in [0.1, 0.15) is 0 Å². The Balaban J connectivity index is 1.22. The van der Waals surface area contributed by atoms with Crippen LogP contribution in [0.1, 0.15) is 102 Å². The van der Waals surface area contributed by atoms with E-state index in [0.717, 1.165) is 49.4 Å². The number of halogens is 2. The van der Waals surface area contributed by atoms with Crippen molar-refractivity contribution in [2.75, 3.05) is 0 Å². The van der Waals surface area contributed by atoms with Crippen molar-refractivity contribution in [1.82, 2.24) is 0 Å². The number of unbranched alkanes of at least 4 members (excludes halogenated alkanes) is 2. The summed E-state index contributed by atoms with van der Waals surface area (Å²) in [7, 11) is 0. The molecule has 4 unspecified atom stereocenters. The van der Waals surface area contributed by atoms with Gasteiger partial charge in [-0.1, -0.05) is 45.1 Å². The van der Waals surface area contributed by atoms with Crippen molar-refractivity contribution in [2.45, 2.75) is 104 Å². The molecule has 3 aliphatic carbocycles. The molecule has 3 saturated carbocycles. The third kappa shape index (κ3) is 5.98. The molecule has 0 radical (unpaired) electrons. The zero-order valence-corrected chi connectivity index (χ0v) is 20.6. The fourth-order valence-electron chi connectivity index (χ4n) is 7.12. The summed E-state index contributed by atoms with van der Waals surface area (Å²) in [4.78, 5) is 12.6. The van der Waals surface area contributed by atoms with E-state index in [1.54, 1.807) is 0 Å². The SMILES string of the molecule is CCCCCC1CCC2CC(C3CCC(C(=O)Oc4ccc(C)c(F)c4F)CC3)CCC2C1. The number of benzene rings is 1. The van der Waals surface area contributed by atoms with Crippen molar-refractivity contribution in [3.8, 4) is 5.75 Å². The van der Waals surface area contributed by atoms with Crippen LogP contribution in [0.4, 0.5) is 8.78 Å². The van der Waals surface area contributed by atoms with Gasteiger partial charge in [-0.2, -0.15) is 4.39 Å². The molecule has 2 nitrogen and oxygen atoms in total. The predicted octanol–water partition coefficient (Wildman–Crippen LogP) is 8.40. The molecule has 4 rings (SSSR count). The van der Waals surface area contributed by atoms with E-state index in [0.29, 0.717) is 5.92 Å². The molecule has 1 aromatic rings. The number of carbonyl (C=O) groups is 1. The summed E-state index contributed by atoms with van der Waals surface area (Å²) < 4.78 is 33.1. The van der Waals surface area contributed by atoms with Crippen molar-refractivity contribution in [2.24, 2.45) is 35.5 Å². The van der Waals surface area contributed by atoms with Crippen LogP contribution < -0.4 is 4.74 Å². The Bertz CT molecular complexity index is 799. The molecule has 33 heavy (non-hydrogen) atoms. The molecule has 3 fully saturated rings. The number of rotatable bonds is 7. The molecular weight excluding hydrogens is 418 g/mol.